The Bertz CT molecular complexity index is 730. The van der Waals surface area contributed by atoms with Crippen LogP contribution in [0.4, 0.5) is 0 Å². The van der Waals surface area contributed by atoms with Crippen LogP contribution < -0.4 is 0 Å². The van der Waals surface area contributed by atoms with E-state index in [2.05, 4.69) is 9.80 Å². The summed E-state index contributed by atoms with van der Waals surface area (Å²) in [6.07, 6.45) is 7.74. The maximum atomic E-state index is 11.9. The van der Waals surface area contributed by atoms with Gasteiger partial charge in [0.05, 0.1) is 37.6 Å². The highest BCUT2D eigenvalue weighted by Gasteiger charge is 2.51. The van der Waals surface area contributed by atoms with Gasteiger partial charge in [-0.3, -0.25) is 0 Å². The Morgan fingerprint density at radius 1 is 0.632 bits per heavy atom. The monoisotopic (exact) mass is 538 g/mol. The van der Waals surface area contributed by atoms with E-state index >= 15 is 0 Å². The first-order valence-electron chi connectivity index (χ1n) is 14.4. The Labute approximate surface area is 225 Å². The Morgan fingerprint density at radius 2 is 0.947 bits per heavy atom. The van der Waals surface area contributed by atoms with Crippen LogP contribution >= 0.6 is 0 Å². The maximum Gasteiger partial charge on any atom is 0.331 e. The van der Waals surface area contributed by atoms with Crippen molar-refractivity contribution >= 4 is 11.9 Å². The van der Waals surface area contributed by atoms with Crippen LogP contribution in [-0.2, 0) is 19.1 Å². The molecule has 4 unspecified atom stereocenters. The van der Waals surface area contributed by atoms with Crippen molar-refractivity contribution in [2.24, 2.45) is 10.8 Å². The zero-order valence-electron chi connectivity index (χ0n) is 22.5. The Hall–Kier alpha value is -1.56. The van der Waals surface area contributed by atoms with Gasteiger partial charge in [-0.1, -0.05) is 0 Å². The quantitative estimate of drug-likeness (QED) is 0.178. The Balaban J connectivity index is 1.01. The fraction of sp³-hybridized carbons (Fsp3) is 0.857. The molecular weight excluding hydrogens is 492 g/mol. The summed E-state index contributed by atoms with van der Waals surface area (Å²) in [4.78, 5) is 28.3. The lowest BCUT2D eigenvalue weighted by molar-refractivity contribution is -0.140. The molecule has 0 aromatic carbocycles. The molecule has 0 radical (unpaired) electrons. The van der Waals surface area contributed by atoms with Crippen molar-refractivity contribution in [1.82, 2.24) is 9.80 Å². The van der Waals surface area contributed by atoms with Gasteiger partial charge < -0.3 is 39.7 Å². The van der Waals surface area contributed by atoms with E-state index in [0.29, 0.717) is 38.5 Å². The minimum absolute atomic E-state index is 0.260. The molecule has 4 rings (SSSR count). The van der Waals surface area contributed by atoms with Crippen molar-refractivity contribution in [3.05, 3.63) is 12.2 Å². The lowest BCUT2D eigenvalue weighted by Crippen LogP contribution is -2.49. The van der Waals surface area contributed by atoms with Crippen LogP contribution in [0.5, 0.6) is 0 Å². The lowest BCUT2D eigenvalue weighted by atomic mass is 9.73. The van der Waals surface area contributed by atoms with Crippen molar-refractivity contribution in [1.29, 1.82) is 0 Å². The number of esters is 2. The molecule has 2 saturated carbocycles. The summed E-state index contributed by atoms with van der Waals surface area (Å²) in [7, 11) is 0. The molecule has 0 amide bonds. The number of rotatable bonds is 10. The van der Waals surface area contributed by atoms with Crippen LogP contribution in [0.15, 0.2) is 12.2 Å². The molecule has 2 heterocycles. The molecule has 4 fully saturated rings. The van der Waals surface area contributed by atoms with Gasteiger partial charge >= 0.3 is 11.9 Å². The Morgan fingerprint density at radius 3 is 1.26 bits per heavy atom. The number of carbonyl (C=O) groups excluding carboxylic acids is 2. The average Bonchev–Trinajstić information content (AvgIpc) is 3.35. The van der Waals surface area contributed by atoms with Crippen molar-refractivity contribution in [2.45, 2.75) is 88.6 Å². The molecular formula is C28H46N2O8. The van der Waals surface area contributed by atoms with Gasteiger partial charge in [0.15, 0.2) is 0 Å². The molecule has 38 heavy (non-hydrogen) atoms. The summed E-state index contributed by atoms with van der Waals surface area (Å²) in [6.45, 7) is 5.35. The molecule has 216 valence electrons. The smallest absolute Gasteiger partial charge is 0.331 e. The van der Waals surface area contributed by atoms with Crippen molar-refractivity contribution in [2.75, 3.05) is 52.5 Å². The van der Waals surface area contributed by atoms with E-state index in [1.54, 1.807) is 0 Å². The van der Waals surface area contributed by atoms with Crippen molar-refractivity contribution in [3.63, 3.8) is 0 Å². The first kappa shape index (κ1) is 29.4. The molecule has 0 aromatic rings. The van der Waals surface area contributed by atoms with E-state index in [1.807, 2.05) is 0 Å². The second kappa shape index (κ2) is 13.2. The lowest BCUT2D eigenvalue weighted by Gasteiger charge is -2.43. The van der Waals surface area contributed by atoms with Gasteiger partial charge in [-0.2, -0.15) is 0 Å². The number of hydrogen-bond acceptors (Lipinski definition) is 10. The normalized spacial score (nSPS) is 31.4. The molecule has 10 heteroatoms. The largest absolute Gasteiger partial charge is 0.462 e. The van der Waals surface area contributed by atoms with Gasteiger partial charge in [0, 0.05) is 36.1 Å². The molecule has 4 aliphatic rings. The molecule has 10 nitrogen and oxygen atoms in total. The number of piperidine rings is 2. The molecule has 2 spiro atoms. The number of aliphatic hydroxyl groups is 4. The number of likely N-dealkylation sites (tertiary alicyclic amines) is 2. The topological polar surface area (TPSA) is 140 Å². The third kappa shape index (κ3) is 6.77. The van der Waals surface area contributed by atoms with E-state index in [-0.39, 0.29) is 24.0 Å². The Kier molecular flexibility index (Phi) is 10.2. The molecule has 0 bridgehead atoms. The van der Waals surface area contributed by atoms with E-state index in [9.17, 15) is 30.0 Å². The zero-order valence-corrected chi connectivity index (χ0v) is 22.5. The maximum absolute atomic E-state index is 11.9. The fourth-order valence-corrected chi connectivity index (χ4v) is 7.10. The minimum Gasteiger partial charge on any atom is -0.462 e. The molecule has 4 atom stereocenters. The van der Waals surface area contributed by atoms with Crippen molar-refractivity contribution < 1.29 is 39.5 Å². The second-order valence-corrected chi connectivity index (χ2v) is 11.7. The van der Waals surface area contributed by atoms with Gasteiger partial charge in [0.1, 0.15) is 0 Å². The third-order valence-electron chi connectivity index (χ3n) is 9.74. The summed E-state index contributed by atoms with van der Waals surface area (Å²) in [6, 6.07) is 0. The third-order valence-corrected chi connectivity index (χ3v) is 9.74. The summed E-state index contributed by atoms with van der Waals surface area (Å²) in [5, 5.41) is 41.2. The van der Waals surface area contributed by atoms with Crippen molar-refractivity contribution in [3.8, 4) is 0 Å². The van der Waals surface area contributed by atoms with Crippen LogP contribution in [0.2, 0.25) is 0 Å². The summed E-state index contributed by atoms with van der Waals surface area (Å²) in [5.74, 6) is -1.15. The van der Waals surface area contributed by atoms with E-state index in [0.717, 1.165) is 77.1 Å². The number of ether oxygens (including phenoxy) is 2. The van der Waals surface area contributed by atoms with Gasteiger partial charge in [-0.25, -0.2) is 9.59 Å². The fourth-order valence-electron chi connectivity index (χ4n) is 7.10. The molecule has 2 aliphatic carbocycles. The SMILES string of the molecule is O=C(/C=C/C(=O)OCCCN1CCC2(CC1)C(O)CCC2O)OCCCN1CCC2(CC1)C(O)CCC2O. The highest BCUT2D eigenvalue weighted by atomic mass is 16.5. The highest BCUT2D eigenvalue weighted by Crippen LogP contribution is 2.47. The van der Waals surface area contributed by atoms with Gasteiger partial charge in [-0.15, -0.1) is 0 Å². The highest BCUT2D eigenvalue weighted by molar-refractivity contribution is 5.91. The summed E-state index contributed by atoms with van der Waals surface area (Å²) in [5.41, 5.74) is -0.688. The number of nitrogens with zero attached hydrogens (tertiary/aromatic N) is 2. The van der Waals surface area contributed by atoms with Crippen LogP contribution in [0, 0.1) is 10.8 Å². The van der Waals surface area contributed by atoms with Gasteiger partial charge in [0.2, 0.25) is 0 Å². The van der Waals surface area contributed by atoms with E-state index in [4.69, 9.17) is 9.47 Å². The predicted molar refractivity (Wildman–Crippen MR) is 139 cm³/mol. The van der Waals surface area contributed by atoms with Gasteiger partial charge in [0.25, 0.3) is 0 Å². The second-order valence-electron chi connectivity index (χ2n) is 11.7. The van der Waals surface area contributed by atoms with Crippen LogP contribution in [0.1, 0.15) is 64.2 Å². The number of carbonyl (C=O) groups is 2. The van der Waals surface area contributed by atoms with E-state index < -0.39 is 36.4 Å². The van der Waals surface area contributed by atoms with Crippen LogP contribution in [0.25, 0.3) is 0 Å². The molecule has 4 N–H and O–H groups in total. The standard InChI is InChI=1S/C28H46N2O8/c31-21-3-4-22(32)27(21)9-15-29(16-10-27)13-1-19-37-25(35)7-8-26(36)38-20-2-14-30-17-11-28(12-18-30)23(33)5-6-24(28)34/h7-8,21-24,31-34H,1-6,9-20H2/b8-7+. The van der Waals surface area contributed by atoms with Gasteiger partial charge in [-0.05, 0) is 90.4 Å². The zero-order chi connectivity index (χ0) is 27.2. The number of hydrogen-bond donors (Lipinski definition) is 4. The minimum atomic E-state index is -0.574. The summed E-state index contributed by atoms with van der Waals surface area (Å²) >= 11 is 0. The van der Waals surface area contributed by atoms with Crippen LogP contribution in [-0.4, -0.2) is 119 Å². The van der Waals surface area contributed by atoms with Crippen LogP contribution in [0.3, 0.4) is 0 Å². The first-order valence-corrected chi connectivity index (χ1v) is 14.4. The van der Waals surface area contributed by atoms with E-state index in [1.165, 1.54) is 0 Å². The molecule has 2 saturated heterocycles. The molecule has 2 aliphatic heterocycles. The number of aliphatic hydroxyl groups excluding tert-OH is 4. The summed E-state index contributed by atoms with van der Waals surface area (Å²) < 4.78 is 10.4. The predicted octanol–water partition coefficient (Wildman–Crippen LogP) is 0.605. The first-order chi connectivity index (χ1) is 18.2. The molecule has 0 aromatic heterocycles. The average molecular weight is 539 g/mol.